The second kappa shape index (κ2) is 6.72. The van der Waals surface area contributed by atoms with Gasteiger partial charge in [-0.2, -0.15) is 13.2 Å². The third kappa shape index (κ3) is 3.95. The number of anilines is 1. The molecule has 1 amide bonds. The second-order valence-electron chi connectivity index (χ2n) is 7.89. The minimum atomic E-state index is -4.38. The monoisotopic (exact) mass is 381 g/mol. The maximum atomic E-state index is 12.6. The molecule has 2 nitrogen and oxygen atoms in total. The number of hydrogen-bond donors (Lipinski definition) is 1. The third-order valence-electron chi connectivity index (χ3n) is 5.09. The van der Waals surface area contributed by atoms with Crippen molar-refractivity contribution >= 4 is 22.9 Å². The van der Waals surface area contributed by atoms with Gasteiger partial charge in [0.25, 0.3) is 5.91 Å². The van der Waals surface area contributed by atoms with E-state index in [-0.39, 0.29) is 11.3 Å². The zero-order valence-electron chi connectivity index (χ0n) is 15.0. The Morgan fingerprint density at radius 1 is 1.15 bits per heavy atom. The number of carbonyl (C=O) groups is 1. The van der Waals surface area contributed by atoms with Crippen LogP contribution in [-0.2, 0) is 19.0 Å². The van der Waals surface area contributed by atoms with Crippen LogP contribution >= 0.6 is 11.3 Å². The summed E-state index contributed by atoms with van der Waals surface area (Å²) in [5, 5.41) is 4.59. The molecule has 0 spiro atoms. The topological polar surface area (TPSA) is 29.1 Å². The van der Waals surface area contributed by atoms with Gasteiger partial charge in [-0.1, -0.05) is 20.8 Å². The first-order valence-corrected chi connectivity index (χ1v) is 9.51. The highest BCUT2D eigenvalue weighted by Crippen LogP contribution is 2.40. The van der Waals surface area contributed by atoms with Crippen molar-refractivity contribution in [3.63, 3.8) is 0 Å². The number of nitrogens with one attached hydrogen (secondary N) is 1. The predicted molar refractivity (Wildman–Crippen MR) is 98.7 cm³/mol. The van der Waals surface area contributed by atoms with E-state index in [4.69, 9.17) is 0 Å². The number of benzene rings is 1. The number of thiophene rings is 1. The molecule has 0 fully saturated rings. The van der Waals surface area contributed by atoms with Crippen LogP contribution in [0.1, 0.15) is 53.6 Å². The number of amides is 1. The van der Waals surface area contributed by atoms with Crippen LogP contribution in [0.15, 0.2) is 29.6 Å². The fourth-order valence-electron chi connectivity index (χ4n) is 3.38. The Labute approximate surface area is 155 Å². The van der Waals surface area contributed by atoms with E-state index in [0.717, 1.165) is 37.0 Å². The molecule has 26 heavy (non-hydrogen) atoms. The summed E-state index contributed by atoms with van der Waals surface area (Å²) in [6.07, 6.45) is -1.47. The standard InChI is InChI=1S/C20H22F3NOS/c1-19(2,3)13-6-9-15-16(11-26-17(15)10-13)18(25)24-14-7-4-12(5-8-14)20(21,22)23/h4-5,7-8,11,13H,6,9-10H2,1-3H3,(H,24,25). The summed E-state index contributed by atoms with van der Waals surface area (Å²) in [7, 11) is 0. The molecule has 1 aromatic heterocycles. The van der Waals surface area contributed by atoms with Gasteiger partial charge in [-0.3, -0.25) is 4.79 Å². The molecular weight excluding hydrogens is 359 g/mol. The van der Waals surface area contributed by atoms with E-state index < -0.39 is 11.7 Å². The Morgan fingerprint density at radius 2 is 1.81 bits per heavy atom. The summed E-state index contributed by atoms with van der Waals surface area (Å²) in [5.74, 6) is 0.343. The fraction of sp³-hybridized carbons (Fsp3) is 0.450. The Balaban J connectivity index is 1.73. The van der Waals surface area contributed by atoms with E-state index in [1.165, 1.54) is 17.0 Å². The first-order valence-electron chi connectivity index (χ1n) is 8.63. The fourth-order valence-corrected chi connectivity index (χ4v) is 4.54. The summed E-state index contributed by atoms with van der Waals surface area (Å²) in [4.78, 5) is 13.8. The molecule has 6 heteroatoms. The lowest BCUT2D eigenvalue weighted by Gasteiger charge is -2.34. The smallest absolute Gasteiger partial charge is 0.322 e. The number of carbonyl (C=O) groups excluding carboxylic acids is 1. The SMILES string of the molecule is CC(C)(C)C1CCc2c(C(=O)Nc3ccc(C(F)(F)F)cc3)csc2C1. The molecule has 3 rings (SSSR count). The van der Waals surface area contributed by atoms with E-state index in [0.29, 0.717) is 17.2 Å². The van der Waals surface area contributed by atoms with Gasteiger partial charge in [0.05, 0.1) is 11.1 Å². The maximum absolute atomic E-state index is 12.6. The van der Waals surface area contributed by atoms with Crippen LogP contribution in [0, 0.1) is 11.3 Å². The van der Waals surface area contributed by atoms with Gasteiger partial charge >= 0.3 is 6.18 Å². The van der Waals surface area contributed by atoms with Gasteiger partial charge in [0.15, 0.2) is 0 Å². The second-order valence-corrected chi connectivity index (χ2v) is 8.85. The normalized spacial score (nSPS) is 17.7. The van der Waals surface area contributed by atoms with Crippen molar-refractivity contribution in [3.8, 4) is 0 Å². The average molecular weight is 381 g/mol. The minimum Gasteiger partial charge on any atom is -0.322 e. The highest BCUT2D eigenvalue weighted by Gasteiger charge is 2.32. The molecule has 1 aromatic carbocycles. The highest BCUT2D eigenvalue weighted by molar-refractivity contribution is 7.10. The van der Waals surface area contributed by atoms with Crippen LogP contribution in [0.5, 0.6) is 0 Å². The quantitative estimate of drug-likeness (QED) is 0.662. The number of alkyl halides is 3. The molecule has 140 valence electrons. The van der Waals surface area contributed by atoms with E-state index in [1.807, 2.05) is 5.38 Å². The molecule has 0 saturated carbocycles. The Hall–Kier alpha value is -1.82. The van der Waals surface area contributed by atoms with Gasteiger partial charge in [0, 0.05) is 15.9 Å². The van der Waals surface area contributed by atoms with Crippen LogP contribution in [0.4, 0.5) is 18.9 Å². The van der Waals surface area contributed by atoms with Gasteiger partial charge in [0.2, 0.25) is 0 Å². The molecule has 1 aliphatic rings. The first kappa shape index (κ1) is 19.0. The Morgan fingerprint density at radius 3 is 2.38 bits per heavy atom. The molecule has 1 heterocycles. The van der Waals surface area contributed by atoms with Gasteiger partial charge < -0.3 is 5.32 Å². The van der Waals surface area contributed by atoms with Crippen molar-refractivity contribution in [2.75, 3.05) is 5.32 Å². The molecule has 0 aliphatic heterocycles. The maximum Gasteiger partial charge on any atom is 0.416 e. The van der Waals surface area contributed by atoms with Gasteiger partial charge in [-0.15, -0.1) is 11.3 Å². The van der Waals surface area contributed by atoms with Crippen molar-refractivity contribution in [1.29, 1.82) is 0 Å². The summed E-state index contributed by atoms with van der Waals surface area (Å²) < 4.78 is 37.9. The molecule has 1 atom stereocenters. The number of rotatable bonds is 2. The average Bonchev–Trinajstić information content (AvgIpc) is 2.97. The summed E-state index contributed by atoms with van der Waals surface area (Å²) in [6.45, 7) is 6.73. The molecule has 0 saturated heterocycles. The number of halogens is 3. The van der Waals surface area contributed by atoms with Crippen LogP contribution in [0.3, 0.4) is 0 Å². The van der Waals surface area contributed by atoms with E-state index in [1.54, 1.807) is 11.3 Å². The first-order chi connectivity index (χ1) is 12.1. The molecule has 1 N–H and O–H groups in total. The van der Waals surface area contributed by atoms with Crippen molar-refractivity contribution in [2.24, 2.45) is 11.3 Å². The van der Waals surface area contributed by atoms with Crippen LogP contribution in [0.2, 0.25) is 0 Å². The number of hydrogen-bond acceptors (Lipinski definition) is 2. The van der Waals surface area contributed by atoms with E-state index in [9.17, 15) is 18.0 Å². The molecule has 1 aliphatic carbocycles. The van der Waals surface area contributed by atoms with Crippen LogP contribution < -0.4 is 5.32 Å². The minimum absolute atomic E-state index is 0.240. The van der Waals surface area contributed by atoms with Crippen molar-refractivity contribution < 1.29 is 18.0 Å². The molecule has 0 bridgehead atoms. The highest BCUT2D eigenvalue weighted by atomic mass is 32.1. The van der Waals surface area contributed by atoms with Gasteiger partial charge in [-0.25, -0.2) is 0 Å². The van der Waals surface area contributed by atoms with E-state index in [2.05, 4.69) is 26.1 Å². The van der Waals surface area contributed by atoms with Crippen molar-refractivity contribution in [2.45, 2.75) is 46.2 Å². The zero-order valence-corrected chi connectivity index (χ0v) is 15.9. The number of fused-ring (bicyclic) bond motifs is 1. The molecule has 2 aromatic rings. The molecule has 0 radical (unpaired) electrons. The van der Waals surface area contributed by atoms with Crippen LogP contribution in [-0.4, -0.2) is 5.91 Å². The lowest BCUT2D eigenvalue weighted by molar-refractivity contribution is -0.137. The molecular formula is C20H22F3NOS. The van der Waals surface area contributed by atoms with Gasteiger partial charge in [-0.05, 0) is 60.4 Å². The van der Waals surface area contributed by atoms with Crippen LogP contribution in [0.25, 0.3) is 0 Å². The van der Waals surface area contributed by atoms with Crippen molar-refractivity contribution in [1.82, 2.24) is 0 Å². The summed E-state index contributed by atoms with van der Waals surface area (Å²) in [5.41, 5.74) is 1.63. The third-order valence-corrected chi connectivity index (χ3v) is 6.15. The van der Waals surface area contributed by atoms with Gasteiger partial charge in [0.1, 0.15) is 0 Å². The predicted octanol–water partition coefficient (Wildman–Crippen LogP) is 6.17. The Bertz CT molecular complexity index is 800. The lowest BCUT2D eigenvalue weighted by atomic mass is 9.72. The summed E-state index contributed by atoms with van der Waals surface area (Å²) >= 11 is 1.61. The lowest BCUT2D eigenvalue weighted by Crippen LogP contribution is -2.27. The zero-order chi connectivity index (χ0) is 19.1. The Kier molecular flexibility index (Phi) is 4.90. The van der Waals surface area contributed by atoms with Crippen molar-refractivity contribution in [3.05, 3.63) is 51.2 Å². The molecule has 1 unspecified atom stereocenters. The largest absolute Gasteiger partial charge is 0.416 e. The van der Waals surface area contributed by atoms with E-state index >= 15 is 0 Å². The summed E-state index contributed by atoms with van der Waals surface area (Å²) in [6, 6.07) is 4.53.